The van der Waals surface area contributed by atoms with Gasteiger partial charge in [-0.1, -0.05) is 18.2 Å². The maximum atomic E-state index is 12.3. The first-order valence-corrected chi connectivity index (χ1v) is 9.53. The number of fused-ring (bicyclic) bond motifs is 1. The Bertz CT molecular complexity index is 898. The molecule has 0 spiro atoms. The molecule has 0 aromatic heterocycles. The third-order valence-corrected chi connectivity index (χ3v) is 5.50. The van der Waals surface area contributed by atoms with Crippen LogP contribution in [0.25, 0.3) is 10.8 Å². The van der Waals surface area contributed by atoms with Crippen molar-refractivity contribution in [1.82, 2.24) is 9.62 Å². The average molecular weight is 363 g/mol. The molecule has 1 heterocycles. The van der Waals surface area contributed by atoms with Gasteiger partial charge >= 0.3 is 0 Å². The summed E-state index contributed by atoms with van der Waals surface area (Å²) < 4.78 is 29.3. The van der Waals surface area contributed by atoms with Crippen LogP contribution in [0.2, 0.25) is 0 Å². The highest BCUT2D eigenvalue weighted by molar-refractivity contribution is 7.86. The molecule has 1 fully saturated rings. The lowest BCUT2D eigenvalue weighted by atomic mass is 10.1. The van der Waals surface area contributed by atoms with Gasteiger partial charge in [-0.25, -0.2) is 5.14 Å². The average Bonchev–Trinajstić information content (AvgIpc) is 3.09. The van der Waals surface area contributed by atoms with E-state index < -0.39 is 16.3 Å². The monoisotopic (exact) mass is 363 g/mol. The van der Waals surface area contributed by atoms with E-state index in [2.05, 4.69) is 5.32 Å². The minimum absolute atomic E-state index is 0.286. The summed E-state index contributed by atoms with van der Waals surface area (Å²) in [6.45, 7) is 0.616. The number of benzene rings is 2. The molecule has 2 aromatic rings. The second-order valence-corrected chi connectivity index (χ2v) is 7.58. The van der Waals surface area contributed by atoms with Gasteiger partial charge in [-0.05, 0) is 47.4 Å². The number of rotatable bonds is 5. The van der Waals surface area contributed by atoms with Crippen LogP contribution < -0.4 is 15.2 Å². The fraction of sp³-hybridized carbons (Fsp3) is 0.353. The molecule has 25 heavy (non-hydrogen) atoms. The van der Waals surface area contributed by atoms with Crippen LogP contribution in [0.4, 0.5) is 0 Å². The van der Waals surface area contributed by atoms with Crippen LogP contribution in [0.3, 0.4) is 0 Å². The standard InChI is InChI=1S/C17H21N3O4S/c1-24-15-7-6-13-9-12(4-5-14(13)10-15)11-19-17(21)16-3-2-8-20(16)25(18,22)23/h4-7,9-10,16H,2-3,8,11H2,1H3,(H,19,21)(H2,18,22,23)/t16-/m1/s1. The largest absolute Gasteiger partial charge is 0.497 e. The molecule has 1 amide bonds. The van der Waals surface area contributed by atoms with Gasteiger partial charge in [0.2, 0.25) is 5.91 Å². The van der Waals surface area contributed by atoms with Crippen LogP contribution in [-0.4, -0.2) is 38.3 Å². The number of hydrogen-bond donors (Lipinski definition) is 2. The number of nitrogens with zero attached hydrogens (tertiary/aromatic N) is 1. The SMILES string of the molecule is COc1ccc2cc(CNC(=O)[C@H]3CCCN3S(N)(=O)=O)ccc2c1. The quantitative estimate of drug-likeness (QED) is 0.831. The maximum absolute atomic E-state index is 12.3. The van der Waals surface area contributed by atoms with E-state index >= 15 is 0 Å². The molecule has 1 atom stereocenters. The van der Waals surface area contributed by atoms with Crippen LogP contribution in [0.1, 0.15) is 18.4 Å². The summed E-state index contributed by atoms with van der Waals surface area (Å²) in [7, 11) is -2.23. The van der Waals surface area contributed by atoms with E-state index in [0.29, 0.717) is 19.4 Å². The number of carbonyl (C=O) groups excluding carboxylic acids is 1. The lowest BCUT2D eigenvalue weighted by Crippen LogP contribution is -2.48. The molecule has 0 saturated carbocycles. The van der Waals surface area contributed by atoms with Crippen molar-refractivity contribution < 1.29 is 17.9 Å². The second-order valence-electron chi connectivity index (χ2n) is 6.08. The zero-order chi connectivity index (χ0) is 18.0. The van der Waals surface area contributed by atoms with Crippen molar-refractivity contribution in [1.29, 1.82) is 0 Å². The molecule has 0 aliphatic carbocycles. The Labute approximate surface area is 146 Å². The van der Waals surface area contributed by atoms with Gasteiger partial charge in [-0.2, -0.15) is 12.7 Å². The molecule has 134 valence electrons. The zero-order valence-electron chi connectivity index (χ0n) is 13.9. The molecular weight excluding hydrogens is 342 g/mol. The maximum Gasteiger partial charge on any atom is 0.277 e. The van der Waals surface area contributed by atoms with Crippen LogP contribution in [-0.2, 0) is 21.5 Å². The lowest BCUT2D eigenvalue weighted by molar-refractivity contribution is -0.124. The van der Waals surface area contributed by atoms with E-state index in [1.54, 1.807) is 7.11 Å². The predicted molar refractivity (Wildman–Crippen MR) is 95.2 cm³/mol. The summed E-state index contributed by atoms with van der Waals surface area (Å²) in [6.07, 6.45) is 1.12. The molecule has 3 rings (SSSR count). The van der Waals surface area contributed by atoms with Crippen LogP contribution >= 0.6 is 0 Å². The Morgan fingerprint density at radius 1 is 1.28 bits per heavy atom. The molecule has 2 aromatic carbocycles. The van der Waals surface area contributed by atoms with E-state index in [9.17, 15) is 13.2 Å². The highest BCUT2D eigenvalue weighted by Gasteiger charge is 2.36. The van der Waals surface area contributed by atoms with Crippen LogP contribution in [0.15, 0.2) is 36.4 Å². The lowest BCUT2D eigenvalue weighted by Gasteiger charge is -2.20. The van der Waals surface area contributed by atoms with Crippen molar-refractivity contribution in [3.63, 3.8) is 0 Å². The fourth-order valence-corrected chi connectivity index (χ4v) is 4.06. The Hall–Kier alpha value is -2.16. The number of amides is 1. The smallest absolute Gasteiger partial charge is 0.277 e. The molecular formula is C17H21N3O4S. The van der Waals surface area contributed by atoms with Gasteiger partial charge < -0.3 is 10.1 Å². The molecule has 7 nitrogen and oxygen atoms in total. The van der Waals surface area contributed by atoms with Gasteiger partial charge in [-0.15, -0.1) is 0 Å². The fourth-order valence-electron chi connectivity index (χ4n) is 3.12. The summed E-state index contributed by atoms with van der Waals surface area (Å²) in [6, 6.07) is 10.9. The molecule has 3 N–H and O–H groups in total. The minimum Gasteiger partial charge on any atom is -0.497 e. The first-order chi connectivity index (χ1) is 11.9. The molecule has 1 aliphatic heterocycles. The van der Waals surface area contributed by atoms with Gasteiger partial charge in [0.1, 0.15) is 11.8 Å². The number of methoxy groups -OCH3 is 1. The molecule has 8 heteroatoms. The van der Waals surface area contributed by atoms with E-state index in [1.165, 1.54) is 0 Å². The highest BCUT2D eigenvalue weighted by atomic mass is 32.2. The van der Waals surface area contributed by atoms with Crippen molar-refractivity contribution in [3.8, 4) is 5.75 Å². The van der Waals surface area contributed by atoms with E-state index in [0.717, 1.165) is 26.4 Å². The third-order valence-electron chi connectivity index (χ3n) is 4.41. The predicted octanol–water partition coefficient (Wildman–Crippen LogP) is 1.13. The van der Waals surface area contributed by atoms with E-state index in [-0.39, 0.29) is 12.5 Å². The van der Waals surface area contributed by atoms with Gasteiger partial charge in [0.15, 0.2) is 0 Å². The zero-order valence-corrected chi connectivity index (χ0v) is 14.8. The number of carbonyl (C=O) groups is 1. The second kappa shape index (κ2) is 6.99. The Morgan fingerprint density at radius 2 is 2.00 bits per heavy atom. The number of nitrogens with two attached hydrogens (primary N) is 1. The highest BCUT2D eigenvalue weighted by Crippen LogP contribution is 2.22. The summed E-state index contributed by atoms with van der Waals surface area (Å²) in [5.41, 5.74) is 0.936. The summed E-state index contributed by atoms with van der Waals surface area (Å²) in [4.78, 5) is 12.3. The molecule has 0 bridgehead atoms. The van der Waals surface area contributed by atoms with Gasteiger partial charge in [-0.3, -0.25) is 4.79 Å². The Balaban J connectivity index is 1.69. The van der Waals surface area contributed by atoms with Crippen LogP contribution in [0.5, 0.6) is 5.75 Å². The van der Waals surface area contributed by atoms with Gasteiger partial charge in [0, 0.05) is 13.1 Å². The topological polar surface area (TPSA) is 102 Å². The first-order valence-electron chi connectivity index (χ1n) is 8.02. The first kappa shape index (κ1) is 17.7. The number of ether oxygens (including phenoxy) is 1. The molecule has 1 saturated heterocycles. The molecule has 1 aliphatic rings. The normalized spacial score (nSPS) is 18.4. The van der Waals surface area contributed by atoms with Gasteiger partial charge in [0.25, 0.3) is 10.2 Å². The van der Waals surface area contributed by atoms with Crippen molar-refractivity contribution in [2.45, 2.75) is 25.4 Å². The summed E-state index contributed by atoms with van der Waals surface area (Å²) in [5.74, 6) is 0.472. The number of hydrogen-bond acceptors (Lipinski definition) is 4. The van der Waals surface area contributed by atoms with Crippen molar-refractivity contribution in [2.75, 3.05) is 13.7 Å². The minimum atomic E-state index is -3.85. The third kappa shape index (κ3) is 3.92. The summed E-state index contributed by atoms with van der Waals surface area (Å²) in [5, 5.41) is 10.1. The van der Waals surface area contributed by atoms with E-state index in [1.807, 2.05) is 36.4 Å². The molecule has 0 unspecified atom stereocenters. The molecule has 0 radical (unpaired) electrons. The summed E-state index contributed by atoms with van der Waals surface area (Å²) >= 11 is 0. The van der Waals surface area contributed by atoms with E-state index in [4.69, 9.17) is 9.88 Å². The van der Waals surface area contributed by atoms with Crippen LogP contribution in [0, 0.1) is 0 Å². The van der Waals surface area contributed by atoms with Crippen molar-refractivity contribution >= 4 is 26.9 Å². The van der Waals surface area contributed by atoms with Gasteiger partial charge in [0.05, 0.1) is 7.11 Å². The Morgan fingerprint density at radius 3 is 2.72 bits per heavy atom. The Kier molecular flexibility index (Phi) is 4.94. The number of nitrogens with one attached hydrogen (secondary N) is 1. The van der Waals surface area contributed by atoms with Crippen molar-refractivity contribution in [3.05, 3.63) is 42.0 Å². The van der Waals surface area contributed by atoms with Crippen molar-refractivity contribution in [2.24, 2.45) is 5.14 Å².